The van der Waals surface area contributed by atoms with Gasteiger partial charge >= 0.3 is 0 Å². The van der Waals surface area contributed by atoms with E-state index >= 15 is 0 Å². The maximum atomic E-state index is 8.91. The molecule has 0 spiro atoms. The number of hydrogen-bond acceptors (Lipinski definition) is 3. The summed E-state index contributed by atoms with van der Waals surface area (Å²) in [6.07, 6.45) is 6.39. The van der Waals surface area contributed by atoms with E-state index in [1.54, 1.807) is 0 Å². The van der Waals surface area contributed by atoms with Crippen LogP contribution < -0.4 is 5.73 Å². The van der Waals surface area contributed by atoms with Crippen LogP contribution in [0.2, 0.25) is 0 Å². The Hall–Kier alpha value is -1.55. The van der Waals surface area contributed by atoms with E-state index in [4.69, 9.17) is 10.9 Å². The number of likely N-dealkylation sites (tertiary alicyclic amines) is 1. The van der Waals surface area contributed by atoms with Crippen LogP contribution in [-0.4, -0.2) is 28.5 Å². The van der Waals surface area contributed by atoms with Crippen molar-refractivity contribution in [2.24, 2.45) is 10.9 Å². The molecule has 4 heteroatoms. The molecule has 1 fully saturated rings. The summed E-state index contributed by atoms with van der Waals surface area (Å²) in [5.74, 6) is 0.198. The SMILES string of the molecule is CCC1CCCCCN1Cc1ccccc1/C(N)=N/O. The molecular formula is C16H25N3O. The largest absolute Gasteiger partial charge is 0.409 e. The highest BCUT2D eigenvalue weighted by Gasteiger charge is 2.20. The normalized spacial score (nSPS) is 21.6. The van der Waals surface area contributed by atoms with Crippen LogP contribution in [0.4, 0.5) is 0 Å². The quantitative estimate of drug-likeness (QED) is 0.384. The lowest BCUT2D eigenvalue weighted by molar-refractivity contribution is 0.186. The molecule has 20 heavy (non-hydrogen) atoms. The molecule has 1 unspecified atom stereocenters. The summed E-state index contributed by atoms with van der Waals surface area (Å²) in [5, 5.41) is 12.1. The molecule has 1 aliphatic heterocycles. The zero-order chi connectivity index (χ0) is 14.4. The molecule has 4 nitrogen and oxygen atoms in total. The molecular weight excluding hydrogens is 250 g/mol. The van der Waals surface area contributed by atoms with Crippen LogP contribution in [0.15, 0.2) is 29.4 Å². The Labute approximate surface area is 121 Å². The molecule has 1 aromatic rings. The molecule has 1 aromatic carbocycles. The fraction of sp³-hybridized carbons (Fsp3) is 0.562. The fourth-order valence-corrected chi connectivity index (χ4v) is 3.09. The number of nitrogens with two attached hydrogens (primary N) is 1. The summed E-state index contributed by atoms with van der Waals surface area (Å²) in [5.41, 5.74) is 7.76. The van der Waals surface area contributed by atoms with E-state index in [1.165, 1.54) is 32.1 Å². The lowest BCUT2D eigenvalue weighted by Crippen LogP contribution is -2.34. The molecule has 0 aromatic heterocycles. The number of amidine groups is 1. The molecule has 1 saturated heterocycles. The minimum absolute atomic E-state index is 0.198. The topological polar surface area (TPSA) is 61.8 Å². The van der Waals surface area contributed by atoms with Crippen LogP contribution >= 0.6 is 0 Å². The van der Waals surface area contributed by atoms with Crippen molar-refractivity contribution in [3.8, 4) is 0 Å². The first kappa shape index (κ1) is 14.9. The first-order valence-corrected chi connectivity index (χ1v) is 7.56. The summed E-state index contributed by atoms with van der Waals surface area (Å²) in [6, 6.07) is 8.59. The van der Waals surface area contributed by atoms with Gasteiger partial charge in [0.05, 0.1) is 0 Å². The molecule has 0 aliphatic carbocycles. The van der Waals surface area contributed by atoms with E-state index in [1.807, 2.05) is 18.2 Å². The van der Waals surface area contributed by atoms with E-state index in [2.05, 4.69) is 23.0 Å². The van der Waals surface area contributed by atoms with Crippen molar-refractivity contribution in [2.75, 3.05) is 6.54 Å². The maximum absolute atomic E-state index is 8.91. The maximum Gasteiger partial charge on any atom is 0.170 e. The Bertz CT molecular complexity index is 459. The molecule has 3 N–H and O–H groups in total. The van der Waals surface area contributed by atoms with Gasteiger partial charge in [-0.2, -0.15) is 0 Å². The van der Waals surface area contributed by atoms with Crippen molar-refractivity contribution in [2.45, 2.75) is 51.6 Å². The van der Waals surface area contributed by atoms with Crippen molar-refractivity contribution < 1.29 is 5.21 Å². The second-order valence-electron chi connectivity index (χ2n) is 5.52. The second kappa shape index (κ2) is 7.29. The van der Waals surface area contributed by atoms with Crippen molar-refractivity contribution in [3.63, 3.8) is 0 Å². The predicted octanol–water partition coefficient (Wildman–Crippen LogP) is 2.94. The van der Waals surface area contributed by atoms with Crippen molar-refractivity contribution >= 4 is 5.84 Å². The zero-order valence-electron chi connectivity index (χ0n) is 12.3. The van der Waals surface area contributed by atoms with Gasteiger partial charge in [-0.05, 0) is 31.4 Å². The smallest absolute Gasteiger partial charge is 0.170 e. The van der Waals surface area contributed by atoms with Gasteiger partial charge in [0, 0.05) is 18.2 Å². The van der Waals surface area contributed by atoms with Crippen molar-refractivity contribution in [1.29, 1.82) is 0 Å². The van der Waals surface area contributed by atoms with Crippen LogP contribution in [0, 0.1) is 0 Å². The van der Waals surface area contributed by atoms with E-state index in [0.717, 1.165) is 24.2 Å². The number of oxime groups is 1. The second-order valence-corrected chi connectivity index (χ2v) is 5.52. The summed E-state index contributed by atoms with van der Waals surface area (Å²) >= 11 is 0. The summed E-state index contributed by atoms with van der Waals surface area (Å²) < 4.78 is 0. The first-order chi connectivity index (χ1) is 9.76. The molecule has 0 amide bonds. The van der Waals surface area contributed by atoms with Crippen LogP contribution in [0.3, 0.4) is 0 Å². The van der Waals surface area contributed by atoms with Gasteiger partial charge < -0.3 is 10.9 Å². The summed E-state index contributed by atoms with van der Waals surface area (Å²) in [4.78, 5) is 2.55. The Morgan fingerprint density at radius 1 is 1.35 bits per heavy atom. The molecule has 0 saturated carbocycles. The fourth-order valence-electron chi connectivity index (χ4n) is 3.09. The molecule has 0 radical (unpaired) electrons. The van der Waals surface area contributed by atoms with Gasteiger partial charge in [-0.3, -0.25) is 4.90 Å². The molecule has 1 atom stereocenters. The Balaban J connectivity index is 2.19. The Kier molecular flexibility index (Phi) is 5.41. The monoisotopic (exact) mass is 275 g/mol. The van der Waals surface area contributed by atoms with Crippen molar-refractivity contribution in [1.82, 2.24) is 4.90 Å². The van der Waals surface area contributed by atoms with E-state index in [9.17, 15) is 0 Å². The average Bonchev–Trinajstić information content (AvgIpc) is 2.72. The Morgan fingerprint density at radius 2 is 2.15 bits per heavy atom. The number of nitrogens with zero attached hydrogens (tertiary/aromatic N) is 2. The first-order valence-electron chi connectivity index (χ1n) is 7.56. The standard InChI is InChI=1S/C16H25N3O/c1-2-14-9-4-3-7-11-19(14)12-13-8-5-6-10-15(13)16(17)18-20/h5-6,8,10,14,20H,2-4,7,9,11-12H2,1H3,(H2,17,18). The van der Waals surface area contributed by atoms with Gasteiger partial charge in [0.1, 0.15) is 0 Å². The molecule has 1 heterocycles. The van der Waals surface area contributed by atoms with Crippen LogP contribution in [0.25, 0.3) is 0 Å². The molecule has 1 aliphatic rings. The summed E-state index contributed by atoms with van der Waals surface area (Å²) in [7, 11) is 0. The van der Waals surface area contributed by atoms with E-state index < -0.39 is 0 Å². The van der Waals surface area contributed by atoms with Gasteiger partial charge in [-0.25, -0.2) is 0 Å². The molecule has 110 valence electrons. The van der Waals surface area contributed by atoms with Crippen LogP contribution in [0.1, 0.15) is 50.2 Å². The highest BCUT2D eigenvalue weighted by atomic mass is 16.4. The lowest BCUT2D eigenvalue weighted by atomic mass is 10.0. The third kappa shape index (κ3) is 3.51. The minimum atomic E-state index is 0.198. The van der Waals surface area contributed by atoms with Gasteiger partial charge in [0.15, 0.2) is 5.84 Å². The average molecular weight is 275 g/mol. The van der Waals surface area contributed by atoms with E-state index in [-0.39, 0.29) is 5.84 Å². The van der Waals surface area contributed by atoms with Gasteiger partial charge in [-0.15, -0.1) is 0 Å². The van der Waals surface area contributed by atoms with Gasteiger partial charge in [0.25, 0.3) is 0 Å². The highest BCUT2D eigenvalue weighted by Crippen LogP contribution is 2.22. The zero-order valence-corrected chi connectivity index (χ0v) is 12.3. The number of rotatable bonds is 4. The molecule has 0 bridgehead atoms. The minimum Gasteiger partial charge on any atom is -0.409 e. The van der Waals surface area contributed by atoms with Gasteiger partial charge in [0.2, 0.25) is 0 Å². The predicted molar refractivity (Wildman–Crippen MR) is 81.9 cm³/mol. The lowest BCUT2D eigenvalue weighted by Gasteiger charge is -2.29. The van der Waals surface area contributed by atoms with Crippen LogP contribution in [-0.2, 0) is 6.54 Å². The molecule has 2 rings (SSSR count). The third-order valence-electron chi connectivity index (χ3n) is 4.24. The van der Waals surface area contributed by atoms with Crippen molar-refractivity contribution in [3.05, 3.63) is 35.4 Å². The van der Waals surface area contributed by atoms with E-state index in [0.29, 0.717) is 6.04 Å². The van der Waals surface area contributed by atoms with Crippen LogP contribution in [0.5, 0.6) is 0 Å². The van der Waals surface area contributed by atoms with Gasteiger partial charge in [-0.1, -0.05) is 49.2 Å². The number of benzene rings is 1. The Morgan fingerprint density at radius 3 is 2.90 bits per heavy atom. The highest BCUT2D eigenvalue weighted by molar-refractivity contribution is 5.98. The number of hydrogen-bond donors (Lipinski definition) is 2. The third-order valence-corrected chi connectivity index (χ3v) is 4.24. The summed E-state index contributed by atoms with van der Waals surface area (Å²) in [6.45, 7) is 4.28.